The number of allylic oxidation sites excluding steroid dienone is 3. The van der Waals surface area contributed by atoms with Gasteiger partial charge in [-0.15, -0.1) is 0 Å². The zero-order chi connectivity index (χ0) is 10.7. The molecule has 0 bridgehead atoms. The van der Waals surface area contributed by atoms with Gasteiger partial charge in [-0.3, -0.25) is 9.78 Å². The number of aliphatic carboxylic acids is 1. The van der Waals surface area contributed by atoms with Gasteiger partial charge in [0.1, 0.15) is 0 Å². The van der Waals surface area contributed by atoms with Crippen molar-refractivity contribution in [2.24, 2.45) is 0 Å². The van der Waals surface area contributed by atoms with Gasteiger partial charge in [-0.05, 0) is 24.1 Å². The Balaban J connectivity index is 2.51. The van der Waals surface area contributed by atoms with E-state index in [0.29, 0.717) is 6.42 Å². The molecule has 0 radical (unpaired) electrons. The summed E-state index contributed by atoms with van der Waals surface area (Å²) in [6, 6.07) is 3.60. The van der Waals surface area contributed by atoms with Crippen molar-refractivity contribution in [2.75, 3.05) is 0 Å². The van der Waals surface area contributed by atoms with Gasteiger partial charge in [0, 0.05) is 6.20 Å². The number of carboxylic acids is 1. The minimum Gasteiger partial charge on any atom is -0.481 e. The van der Waals surface area contributed by atoms with Crippen molar-refractivity contribution in [3.63, 3.8) is 0 Å². The highest BCUT2D eigenvalue weighted by molar-refractivity contribution is 5.78. The molecule has 1 aromatic heterocycles. The fraction of sp³-hybridized carbons (Fsp3) is 0.167. The highest BCUT2D eigenvalue weighted by Crippen LogP contribution is 2.25. The van der Waals surface area contributed by atoms with E-state index >= 15 is 0 Å². The minimum atomic E-state index is -0.802. The molecule has 1 aliphatic carbocycles. The van der Waals surface area contributed by atoms with Crippen LogP contribution in [-0.4, -0.2) is 16.1 Å². The van der Waals surface area contributed by atoms with E-state index in [1.54, 1.807) is 12.3 Å². The summed E-state index contributed by atoms with van der Waals surface area (Å²) < 4.78 is 0. The number of rotatable bonds is 1. The third-order valence-corrected chi connectivity index (χ3v) is 2.42. The highest BCUT2D eigenvalue weighted by Gasteiger charge is 2.21. The monoisotopic (exact) mass is 201 g/mol. The number of aromatic nitrogens is 1. The number of fused-ring (bicyclic) bond motifs is 1. The molecule has 1 aliphatic rings. The van der Waals surface area contributed by atoms with E-state index in [4.69, 9.17) is 5.11 Å². The number of carboxylic acid groups (broad SMARTS) is 1. The standard InChI is InChI=1S/C12H11NO2/c14-12(15)10-5-2-1-3-7-11-9(10)6-4-8-13-11/h1-4,6-8,10H,5H2,(H,14,15). The maximum atomic E-state index is 11.1. The second kappa shape index (κ2) is 4.09. The molecular formula is C12H11NO2. The van der Waals surface area contributed by atoms with E-state index in [2.05, 4.69) is 4.98 Å². The van der Waals surface area contributed by atoms with Crippen LogP contribution in [0.4, 0.5) is 0 Å². The molecule has 0 amide bonds. The SMILES string of the molecule is O=C(O)C1CC=CC=Cc2ncccc21. The van der Waals surface area contributed by atoms with Gasteiger partial charge < -0.3 is 5.11 Å². The maximum Gasteiger partial charge on any atom is 0.311 e. The van der Waals surface area contributed by atoms with Gasteiger partial charge in [-0.1, -0.05) is 24.3 Å². The van der Waals surface area contributed by atoms with E-state index < -0.39 is 11.9 Å². The van der Waals surface area contributed by atoms with Crippen LogP contribution in [0.1, 0.15) is 23.6 Å². The molecule has 15 heavy (non-hydrogen) atoms. The van der Waals surface area contributed by atoms with Crippen molar-refractivity contribution < 1.29 is 9.90 Å². The molecule has 1 N–H and O–H groups in total. The predicted octanol–water partition coefficient (Wildman–Crippen LogP) is 2.22. The van der Waals surface area contributed by atoms with Crippen molar-refractivity contribution in [3.8, 4) is 0 Å². The molecule has 2 rings (SSSR count). The third kappa shape index (κ3) is 1.96. The van der Waals surface area contributed by atoms with Gasteiger partial charge in [0.25, 0.3) is 0 Å². The Kier molecular flexibility index (Phi) is 2.63. The van der Waals surface area contributed by atoms with Crippen molar-refractivity contribution in [1.82, 2.24) is 4.98 Å². The van der Waals surface area contributed by atoms with Crippen LogP contribution in [0, 0.1) is 0 Å². The molecule has 0 spiro atoms. The summed E-state index contributed by atoms with van der Waals surface area (Å²) in [4.78, 5) is 15.3. The summed E-state index contributed by atoms with van der Waals surface area (Å²) in [7, 11) is 0. The van der Waals surface area contributed by atoms with Crippen LogP contribution in [0.3, 0.4) is 0 Å². The number of carbonyl (C=O) groups is 1. The number of nitrogens with zero attached hydrogens (tertiary/aromatic N) is 1. The summed E-state index contributed by atoms with van der Waals surface area (Å²) in [6.07, 6.45) is 9.62. The van der Waals surface area contributed by atoms with Crippen LogP contribution >= 0.6 is 0 Å². The molecular weight excluding hydrogens is 190 g/mol. The molecule has 76 valence electrons. The second-order valence-corrected chi connectivity index (χ2v) is 3.39. The van der Waals surface area contributed by atoms with Crippen molar-refractivity contribution in [1.29, 1.82) is 0 Å². The van der Waals surface area contributed by atoms with E-state index in [0.717, 1.165) is 11.3 Å². The van der Waals surface area contributed by atoms with Crippen LogP contribution < -0.4 is 0 Å². The van der Waals surface area contributed by atoms with Gasteiger partial charge in [0.15, 0.2) is 0 Å². The second-order valence-electron chi connectivity index (χ2n) is 3.39. The van der Waals surface area contributed by atoms with Gasteiger partial charge in [-0.2, -0.15) is 0 Å². The lowest BCUT2D eigenvalue weighted by atomic mass is 9.93. The van der Waals surface area contributed by atoms with Gasteiger partial charge in [0.05, 0.1) is 11.6 Å². The average molecular weight is 201 g/mol. The first-order chi connectivity index (χ1) is 7.29. The van der Waals surface area contributed by atoms with Gasteiger partial charge in [0.2, 0.25) is 0 Å². The third-order valence-electron chi connectivity index (χ3n) is 2.42. The molecule has 3 nitrogen and oxygen atoms in total. The highest BCUT2D eigenvalue weighted by atomic mass is 16.4. The molecule has 1 unspecified atom stereocenters. The quantitative estimate of drug-likeness (QED) is 0.757. The Labute approximate surface area is 87.8 Å². The van der Waals surface area contributed by atoms with E-state index in [9.17, 15) is 4.79 Å². The Bertz CT molecular complexity index is 435. The molecule has 0 saturated heterocycles. The topological polar surface area (TPSA) is 50.2 Å². The zero-order valence-corrected chi connectivity index (χ0v) is 8.13. The summed E-state index contributed by atoms with van der Waals surface area (Å²) in [6.45, 7) is 0. The Morgan fingerprint density at radius 3 is 3.13 bits per heavy atom. The molecule has 3 heteroatoms. The van der Waals surface area contributed by atoms with E-state index in [-0.39, 0.29) is 0 Å². The minimum absolute atomic E-state index is 0.491. The molecule has 0 saturated carbocycles. The first-order valence-corrected chi connectivity index (χ1v) is 4.80. The van der Waals surface area contributed by atoms with Crippen LogP contribution in [0.15, 0.2) is 36.6 Å². The lowest BCUT2D eigenvalue weighted by Crippen LogP contribution is -2.13. The van der Waals surface area contributed by atoms with Crippen LogP contribution in [0.25, 0.3) is 6.08 Å². The summed E-state index contributed by atoms with van der Waals surface area (Å²) in [5, 5.41) is 9.12. The Morgan fingerprint density at radius 1 is 1.47 bits per heavy atom. The van der Waals surface area contributed by atoms with Crippen molar-refractivity contribution >= 4 is 12.0 Å². The largest absolute Gasteiger partial charge is 0.481 e. The fourth-order valence-electron chi connectivity index (χ4n) is 1.66. The summed E-state index contributed by atoms with van der Waals surface area (Å²) >= 11 is 0. The molecule has 1 aromatic rings. The Hall–Kier alpha value is -1.90. The first-order valence-electron chi connectivity index (χ1n) is 4.80. The maximum absolute atomic E-state index is 11.1. The Morgan fingerprint density at radius 2 is 2.33 bits per heavy atom. The predicted molar refractivity (Wildman–Crippen MR) is 57.4 cm³/mol. The average Bonchev–Trinajstić information content (AvgIpc) is 2.18. The molecule has 0 fully saturated rings. The number of pyridine rings is 1. The lowest BCUT2D eigenvalue weighted by Gasteiger charge is -2.13. The first kappa shape index (κ1) is 9.65. The molecule has 0 aliphatic heterocycles. The number of hydrogen-bond acceptors (Lipinski definition) is 2. The molecule has 0 aromatic carbocycles. The molecule has 1 atom stereocenters. The van der Waals surface area contributed by atoms with E-state index in [1.807, 2.05) is 30.4 Å². The van der Waals surface area contributed by atoms with Gasteiger partial charge in [-0.25, -0.2) is 0 Å². The van der Waals surface area contributed by atoms with Crippen molar-refractivity contribution in [3.05, 3.63) is 47.8 Å². The van der Waals surface area contributed by atoms with Crippen LogP contribution in [0.5, 0.6) is 0 Å². The smallest absolute Gasteiger partial charge is 0.311 e. The summed E-state index contributed by atoms with van der Waals surface area (Å²) in [5.41, 5.74) is 1.53. The van der Waals surface area contributed by atoms with Crippen molar-refractivity contribution in [2.45, 2.75) is 12.3 Å². The normalized spacial score (nSPS) is 19.1. The lowest BCUT2D eigenvalue weighted by molar-refractivity contribution is -0.138. The van der Waals surface area contributed by atoms with Crippen LogP contribution in [0.2, 0.25) is 0 Å². The fourth-order valence-corrected chi connectivity index (χ4v) is 1.66. The van der Waals surface area contributed by atoms with Crippen LogP contribution in [-0.2, 0) is 4.79 Å². The van der Waals surface area contributed by atoms with E-state index in [1.165, 1.54) is 0 Å². The molecule has 1 heterocycles. The zero-order valence-electron chi connectivity index (χ0n) is 8.13. The number of hydrogen-bond donors (Lipinski definition) is 1. The summed E-state index contributed by atoms with van der Waals surface area (Å²) in [5.74, 6) is -1.29. The van der Waals surface area contributed by atoms with Gasteiger partial charge >= 0.3 is 5.97 Å².